The summed E-state index contributed by atoms with van der Waals surface area (Å²) in [6.07, 6.45) is 0.288. The van der Waals surface area contributed by atoms with Crippen molar-refractivity contribution < 1.29 is 14.7 Å². The zero-order chi connectivity index (χ0) is 19.9. The minimum absolute atomic E-state index is 0.0560. The molecule has 4 nitrogen and oxygen atoms in total. The molecule has 3 aromatic rings. The smallest absolute Gasteiger partial charge is 0.223 e. The summed E-state index contributed by atoms with van der Waals surface area (Å²) in [5.74, 6) is -0.000912. The fourth-order valence-corrected chi connectivity index (χ4v) is 3.82. The minimum Gasteiger partial charge on any atom is -0.508 e. The van der Waals surface area contributed by atoms with E-state index in [1.54, 1.807) is 46.6 Å². The standard InChI is InChI=1S/C22H20BrNO3S/c23-18-9-7-16(8-10-18)21(26)11-12-22(27)24(15-19-5-3-13-28-19)14-17-4-1-2-6-20(17)25/h1-10,13,25H,11-12,14-15H2. The van der Waals surface area contributed by atoms with Crippen LogP contribution in [-0.2, 0) is 17.9 Å². The van der Waals surface area contributed by atoms with Gasteiger partial charge in [0.15, 0.2) is 5.78 Å². The molecule has 0 spiro atoms. The Bertz CT molecular complexity index is 939. The van der Waals surface area contributed by atoms with Gasteiger partial charge in [-0.25, -0.2) is 0 Å². The Hall–Kier alpha value is -2.44. The van der Waals surface area contributed by atoms with Gasteiger partial charge >= 0.3 is 0 Å². The van der Waals surface area contributed by atoms with Gasteiger partial charge < -0.3 is 10.0 Å². The van der Waals surface area contributed by atoms with Crippen LogP contribution in [0.15, 0.2) is 70.5 Å². The van der Waals surface area contributed by atoms with Crippen molar-refractivity contribution in [3.05, 3.63) is 86.5 Å². The normalized spacial score (nSPS) is 10.6. The largest absolute Gasteiger partial charge is 0.508 e. The van der Waals surface area contributed by atoms with Crippen molar-refractivity contribution >= 4 is 39.0 Å². The third kappa shape index (κ3) is 5.53. The molecule has 6 heteroatoms. The molecule has 0 saturated heterocycles. The number of hydrogen-bond donors (Lipinski definition) is 1. The number of Topliss-reactive ketones (excluding diaryl/α,β-unsaturated/α-hetero) is 1. The predicted molar refractivity (Wildman–Crippen MR) is 114 cm³/mol. The van der Waals surface area contributed by atoms with E-state index >= 15 is 0 Å². The molecule has 0 unspecified atom stereocenters. The van der Waals surface area contributed by atoms with E-state index in [9.17, 15) is 14.7 Å². The van der Waals surface area contributed by atoms with Gasteiger partial charge in [0.1, 0.15) is 5.75 Å². The van der Waals surface area contributed by atoms with Gasteiger partial charge in [-0.3, -0.25) is 9.59 Å². The minimum atomic E-state index is -0.109. The van der Waals surface area contributed by atoms with E-state index in [0.717, 1.165) is 9.35 Å². The lowest BCUT2D eigenvalue weighted by Crippen LogP contribution is -2.30. The molecule has 1 aromatic heterocycles. The van der Waals surface area contributed by atoms with Crippen molar-refractivity contribution in [3.63, 3.8) is 0 Å². The van der Waals surface area contributed by atoms with Crippen LogP contribution < -0.4 is 0 Å². The lowest BCUT2D eigenvalue weighted by molar-refractivity contribution is -0.132. The van der Waals surface area contributed by atoms with Gasteiger partial charge in [-0.1, -0.05) is 52.3 Å². The van der Waals surface area contributed by atoms with Crippen LogP contribution in [0.5, 0.6) is 5.75 Å². The number of phenolic OH excluding ortho intramolecular Hbond substituents is 1. The molecule has 0 atom stereocenters. The average Bonchev–Trinajstić information content (AvgIpc) is 3.20. The number of carbonyl (C=O) groups excluding carboxylic acids is 2. The van der Waals surface area contributed by atoms with Gasteiger partial charge in [-0.15, -0.1) is 11.3 Å². The van der Waals surface area contributed by atoms with E-state index in [0.29, 0.717) is 24.2 Å². The molecule has 1 N–H and O–H groups in total. The first-order valence-corrected chi connectivity index (χ1v) is 10.6. The number of para-hydroxylation sites is 1. The van der Waals surface area contributed by atoms with Gasteiger partial charge in [0, 0.05) is 39.9 Å². The van der Waals surface area contributed by atoms with Crippen LogP contribution in [-0.4, -0.2) is 21.7 Å². The molecule has 0 aliphatic heterocycles. The highest BCUT2D eigenvalue weighted by Gasteiger charge is 2.18. The molecular weight excluding hydrogens is 438 g/mol. The van der Waals surface area contributed by atoms with Gasteiger partial charge in [-0.2, -0.15) is 0 Å². The van der Waals surface area contributed by atoms with E-state index in [2.05, 4.69) is 15.9 Å². The highest BCUT2D eigenvalue weighted by molar-refractivity contribution is 9.10. The second-order valence-corrected chi connectivity index (χ2v) is 8.34. The average molecular weight is 458 g/mol. The summed E-state index contributed by atoms with van der Waals surface area (Å²) in [5.41, 5.74) is 1.29. The summed E-state index contributed by atoms with van der Waals surface area (Å²) in [4.78, 5) is 28.0. The molecule has 0 radical (unpaired) electrons. The molecule has 1 amide bonds. The third-order valence-corrected chi connectivity index (χ3v) is 5.75. The maximum atomic E-state index is 12.9. The van der Waals surface area contributed by atoms with Crippen molar-refractivity contribution in [1.82, 2.24) is 4.90 Å². The fraction of sp³-hybridized carbons (Fsp3) is 0.182. The Morgan fingerprint density at radius 3 is 2.36 bits per heavy atom. The van der Waals surface area contributed by atoms with E-state index < -0.39 is 0 Å². The second kappa shape index (κ2) is 9.66. The van der Waals surface area contributed by atoms with Crippen LogP contribution >= 0.6 is 27.3 Å². The highest BCUT2D eigenvalue weighted by atomic mass is 79.9. The number of amides is 1. The van der Waals surface area contributed by atoms with Gasteiger partial charge in [-0.05, 0) is 29.6 Å². The molecule has 144 valence electrons. The van der Waals surface area contributed by atoms with E-state index in [4.69, 9.17) is 0 Å². The number of aromatic hydroxyl groups is 1. The molecule has 1 heterocycles. The second-order valence-electron chi connectivity index (χ2n) is 6.39. The zero-order valence-electron chi connectivity index (χ0n) is 15.2. The molecule has 0 fully saturated rings. The van der Waals surface area contributed by atoms with Gasteiger partial charge in [0.2, 0.25) is 5.91 Å². The van der Waals surface area contributed by atoms with Crippen molar-refractivity contribution in [2.45, 2.75) is 25.9 Å². The summed E-state index contributed by atoms with van der Waals surface area (Å²) in [7, 11) is 0. The number of carbonyl (C=O) groups is 2. The first kappa shape index (κ1) is 20.3. The maximum absolute atomic E-state index is 12.9. The topological polar surface area (TPSA) is 57.6 Å². The van der Waals surface area contributed by atoms with Crippen LogP contribution in [0, 0.1) is 0 Å². The predicted octanol–water partition coefficient (Wildman–Crippen LogP) is 5.41. The molecule has 0 saturated carbocycles. The SMILES string of the molecule is O=C(CCC(=O)N(Cc1cccs1)Cc1ccccc1O)c1ccc(Br)cc1. The lowest BCUT2D eigenvalue weighted by atomic mass is 10.1. The number of nitrogens with zero attached hydrogens (tertiary/aromatic N) is 1. The Morgan fingerprint density at radius 2 is 1.68 bits per heavy atom. The number of thiophene rings is 1. The molecule has 0 bridgehead atoms. The number of phenols is 1. The summed E-state index contributed by atoms with van der Waals surface area (Å²) in [5, 5.41) is 12.0. The number of benzene rings is 2. The molecule has 28 heavy (non-hydrogen) atoms. The van der Waals surface area contributed by atoms with Gasteiger partial charge in [0.05, 0.1) is 6.54 Å². The summed E-state index contributed by atoms with van der Waals surface area (Å²) in [6, 6.07) is 18.1. The first-order chi connectivity index (χ1) is 13.5. The van der Waals surface area contributed by atoms with Crippen LogP contribution in [0.2, 0.25) is 0 Å². The fourth-order valence-electron chi connectivity index (χ4n) is 2.83. The van der Waals surface area contributed by atoms with E-state index in [1.165, 1.54) is 0 Å². The highest BCUT2D eigenvalue weighted by Crippen LogP contribution is 2.21. The van der Waals surface area contributed by atoms with Crippen LogP contribution in [0.3, 0.4) is 0 Å². The molecule has 2 aromatic carbocycles. The van der Waals surface area contributed by atoms with Crippen molar-refractivity contribution in [2.24, 2.45) is 0 Å². The monoisotopic (exact) mass is 457 g/mol. The Balaban J connectivity index is 1.68. The van der Waals surface area contributed by atoms with Crippen LogP contribution in [0.4, 0.5) is 0 Å². The van der Waals surface area contributed by atoms with E-state index in [1.807, 2.05) is 35.7 Å². The first-order valence-electron chi connectivity index (χ1n) is 8.88. The molecular formula is C22H20BrNO3S. The van der Waals surface area contributed by atoms with Crippen molar-refractivity contribution in [3.8, 4) is 5.75 Å². The van der Waals surface area contributed by atoms with Crippen LogP contribution in [0.1, 0.15) is 33.6 Å². The summed E-state index contributed by atoms with van der Waals surface area (Å²) >= 11 is 4.93. The lowest BCUT2D eigenvalue weighted by Gasteiger charge is -2.23. The Kier molecular flexibility index (Phi) is 7.01. The van der Waals surface area contributed by atoms with Crippen LogP contribution in [0.25, 0.3) is 0 Å². The van der Waals surface area contributed by atoms with Crippen molar-refractivity contribution in [2.75, 3.05) is 0 Å². The number of rotatable bonds is 8. The maximum Gasteiger partial charge on any atom is 0.223 e. The van der Waals surface area contributed by atoms with Crippen molar-refractivity contribution in [1.29, 1.82) is 0 Å². The molecule has 3 rings (SSSR count). The third-order valence-electron chi connectivity index (χ3n) is 4.36. The number of ketones is 1. The zero-order valence-corrected chi connectivity index (χ0v) is 17.6. The molecule has 0 aliphatic carbocycles. The number of hydrogen-bond acceptors (Lipinski definition) is 4. The summed E-state index contributed by atoms with van der Waals surface area (Å²) in [6.45, 7) is 0.757. The number of halogens is 1. The Labute approximate surface area is 176 Å². The van der Waals surface area contributed by atoms with Gasteiger partial charge in [0.25, 0.3) is 0 Å². The Morgan fingerprint density at radius 1 is 0.929 bits per heavy atom. The molecule has 0 aliphatic rings. The summed E-state index contributed by atoms with van der Waals surface area (Å²) < 4.78 is 0.907. The van der Waals surface area contributed by atoms with E-state index in [-0.39, 0.29) is 30.3 Å². The quantitative estimate of drug-likeness (QED) is 0.460.